The first-order chi connectivity index (χ1) is 9.87. The van der Waals surface area contributed by atoms with Crippen LogP contribution in [0.5, 0.6) is 0 Å². The zero-order valence-corrected chi connectivity index (χ0v) is 13.8. The average molecular weight is 316 g/mol. The summed E-state index contributed by atoms with van der Waals surface area (Å²) in [5.41, 5.74) is -1.36. The molecular formula is C14H24N2O6. The van der Waals surface area contributed by atoms with Crippen LogP contribution >= 0.6 is 0 Å². The van der Waals surface area contributed by atoms with E-state index in [-0.39, 0.29) is 6.61 Å². The molecule has 126 valence electrons. The van der Waals surface area contributed by atoms with Gasteiger partial charge in [0.25, 0.3) is 0 Å². The van der Waals surface area contributed by atoms with Crippen molar-refractivity contribution in [3.05, 3.63) is 0 Å². The predicted octanol–water partition coefficient (Wildman–Crippen LogP) is 1.33. The summed E-state index contributed by atoms with van der Waals surface area (Å²) in [4.78, 5) is 35.1. The molecule has 1 fully saturated rings. The van der Waals surface area contributed by atoms with Crippen molar-refractivity contribution in [2.75, 3.05) is 6.61 Å². The van der Waals surface area contributed by atoms with E-state index in [0.29, 0.717) is 0 Å². The highest BCUT2D eigenvalue weighted by molar-refractivity contribution is 5.85. The van der Waals surface area contributed by atoms with E-state index in [4.69, 9.17) is 14.2 Å². The number of hydrogen-bond donors (Lipinski definition) is 2. The summed E-state index contributed by atoms with van der Waals surface area (Å²) >= 11 is 0. The SMILES string of the molecule is CC(C)(C)OC(=O)N[C@@H]1COC(=O)[C@@H]1NC(=O)OC(C)(C)C. The second kappa shape index (κ2) is 6.41. The fraction of sp³-hybridized carbons (Fsp3) is 0.786. The molecule has 0 radical (unpaired) electrons. The summed E-state index contributed by atoms with van der Waals surface area (Å²) in [7, 11) is 0. The lowest BCUT2D eigenvalue weighted by Crippen LogP contribution is -2.53. The maximum absolute atomic E-state index is 11.7. The Labute approximate surface area is 129 Å². The molecule has 1 aliphatic heterocycles. The van der Waals surface area contributed by atoms with Crippen LogP contribution < -0.4 is 10.6 Å². The van der Waals surface area contributed by atoms with Crippen molar-refractivity contribution < 1.29 is 28.6 Å². The Morgan fingerprint density at radius 3 is 1.91 bits per heavy atom. The number of ether oxygens (including phenoxy) is 3. The zero-order chi connectivity index (χ0) is 17.1. The molecule has 2 atom stereocenters. The molecule has 0 saturated carbocycles. The van der Waals surface area contributed by atoms with Crippen LogP contribution in [-0.4, -0.2) is 48.0 Å². The monoisotopic (exact) mass is 316 g/mol. The Hall–Kier alpha value is -1.99. The van der Waals surface area contributed by atoms with E-state index in [2.05, 4.69) is 10.6 Å². The lowest BCUT2D eigenvalue weighted by atomic mass is 10.1. The molecule has 8 nitrogen and oxygen atoms in total. The molecule has 0 aromatic heterocycles. The van der Waals surface area contributed by atoms with E-state index in [1.807, 2.05) is 0 Å². The maximum Gasteiger partial charge on any atom is 0.408 e. The molecule has 8 heteroatoms. The lowest BCUT2D eigenvalue weighted by molar-refractivity contribution is -0.139. The Kier molecular flexibility index (Phi) is 5.26. The van der Waals surface area contributed by atoms with Gasteiger partial charge >= 0.3 is 18.2 Å². The molecule has 1 heterocycles. The van der Waals surface area contributed by atoms with Crippen molar-refractivity contribution in [3.8, 4) is 0 Å². The Bertz CT molecular complexity index is 449. The van der Waals surface area contributed by atoms with Crippen LogP contribution in [0.4, 0.5) is 9.59 Å². The van der Waals surface area contributed by atoms with Gasteiger partial charge < -0.3 is 24.8 Å². The Morgan fingerprint density at radius 2 is 1.45 bits per heavy atom. The first-order valence-corrected chi connectivity index (χ1v) is 7.03. The fourth-order valence-corrected chi connectivity index (χ4v) is 1.70. The van der Waals surface area contributed by atoms with E-state index < -0.39 is 41.4 Å². The number of alkyl carbamates (subject to hydrolysis) is 2. The number of cyclic esters (lactones) is 1. The standard InChI is InChI=1S/C14H24N2O6/c1-13(2,3)21-11(18)15-8-7-20-10(17)9(8)16-12(19)22-14(4,5)6/h8-9H,7H2,1-6H3,(H,15,18)(H,16,19)/t8-,9-/m1/s1. The normalized spacial score (nSPS) is 21.8. The number of carbonyl (C=O) groups is 3. The van der Waals surface area contributed by atoms with Crippen LogP contribution in [0.1, 0.15) is 41.5 Å². The molecule has 1 aliphatic rings. The quantitative estimate of drug-likeness (QED) is 0.588. The van der Waals surface area contributed by atoms with Gasteiger partial charge in [0.1, 0.15) is 17.8 Å². The van der Waals surface area contributed by atoms with Crippen molar-refractivity contribution in [1.82, 2.24) is 10.6 Å². The van der Waals surface area contributed by atoms with Crippen molar-refractivity contribution in [2.45, 2.75) is 64.8 Å². The molecule has 0 aromatic carbocycles. The van der Waals surface area contributed by atoms with Gasteiger partial charge in [-0.3, -0.25) is 0 Å². The lowest BCUT2D eigenvalue weighted by Gasteiger charge is -2.24. The number of esters is 1. The highest BCUT2D eigenvalue weighted by atomic mass is 16.6. The van der Waals surface area contributed by atoms with Gasteiger partial charge in [-0.2, -0.15) is 0 Å². The number of hydrogen-bond acceptors (Lipinski definition) is 6. The fourth-order valence-electron chi connectivity index (χ4n) is 1.70. The Morgan fingerprint density at radius 1 is 1.00 bits per heavy atom. The van der Waals surface area contributed by atoms with Crippen LogP contribution in [0.15, 0.2) is 0 Å². The van der Waals surface area contributed by atoms with E-state index in [9.17, 15) is 14.4 Å². The van der Waals surface area contributed by atoms with Gasteiger partial charge in [-0.15, -0.1) is 0 Å². The highest BCUT2D eigenvalue weighted by Gasteiger charge is 2.40. The molecule has 1 saturated heterocycles. The second-order valence-electron chi connectivity index (χ2n) is 7.01. The average Bonchev–Trinajstić information content (AvgIpc) is 2.56. The van der Waals surface area contributed by atoms with Crippen LogP contribution in [0.25, 0.3) is 0 Å². The largest absolute Gasteiger partial charge is 0.462 e. The predicted molar refractivity (Wildman–Crippen MR) is 77.3 cm³/mol. The minimum atomic E-state index is -1.01. The Balaban J connectivity index is 2.62. The summed E-state index contributed by atoms with van der Waals surface area (Å²) in [5, 5.41) is 4.90. The molecule has 0 bridgehead atoms. The zero-order valence-electron chi connectivity index (χ0n) is 13.8. The van der Waals surface area contributed by atoms with Gasteiger partial charge in [0.2, 0.25) is 0 Å². The first kappa shape index (κ1) is 18.1. The third-order valence-corrected chi connectivity index (χ3v) is 2.44. The topological polar surface area (TPSA) is 103 Å². The molecule has 0 aliphatic carbocycles. The second-order valence-corrected chi connectivity index (χ2v) is 7.01. The molecule has 0 spiro atoms. The highest BCUT2D eigenvalue weighted by Crippen LogP contribution is 2.13. The summed E-state index contributed by atoms with van der Waals surface area (Å²) in [6, 6.07) is -1.72. The van der Waals surface area contributed by atoms with Crippen LogP contribution in [-0.2, 0) is 19.0 Å². The summed E-state index contributed by atoms with van der Waals surface area (Å²) < 4.78 is 15.0. The van der Waals surface area contributed by atoms with Gasteiger partial charge in [0, 0.05) is 0 Å². The minimum absolute atomic E-state index is 0.0431. The van der Waals surface area contributed by atoms with Crippen molar-refractivity contribution >= 4 is 18.2 Å². The number of carbonyl (C=O) groups excluding carboxylic acids is 3. The summed E-state index contributed by atoms with van der Waals surface area (Å²) in [5.74, 6) is -0.632. The van der Waals surface area contributed by atoms with Crippen molar-refractivity contribution in [3.63, 3.8) is 0 Å². The van der Waals surface area contributed by atoms with Crippen molar-refractivity contribution in [1.29, 1.82) is 0 Å². The smallest absolute Gasteiger partial charge is 0.408 e. The molecule has 2 amide bonds. The number of amides is 2. The van der Waals surface area contributed by atoms with Gasteiger partial charge in [-0.25, -0.2) is 14.4 Å². The number of rotatable bonds is 2. The van der Waals surface area contributed by atoms with Gasteiger partial charge in [-0.1, -0.05) is 0 Å². The van der Waals surface area contributed by atoms with E-state index >= 15 is 0 Å². The first-order valence-electron chi connectivity index (χ1n) is 7.03. The molecule has 0 unspecified atom stereocenters. The number of nitrogens with one attached hydrogen (secondary N) is 2. The maximum atomic E-state index is 11.7. The minimum Gasteiger partial charge on any atom is -0.462 e. The van der Waals surface area contributed by atoms with Crippen molar-refractivity contribution in [2.24, 2.45) is 0 Å². The van der Waals surface area contributed by atoms with Crippen LogP contribution in [0.3, 0.4) is 0 Å². The van der Waals surface area contributed by atoms with E-state index in [1.165, 1.54) is 0 Å². The van der Waals surface area contributed by atoms with Crippen LogP contribution in [0, 0.1) is 0 Å². The van der Waals surface area contributed by atoms with Gasteiger partial charge in [0.05, 0.1) is 6.04 Å². The van der Waals surface area contributed by atoms with E-state index in [0.717, 1.165) is 0 Å². The molecule has 22 heavy (non-hydrogen) atoms. The third-order valence-electron chi connectivity index (χ3n) is 2.44. The molecule has 1 rings (SSSR count). The molecular weight excluding hydrogens is 292 g/mol. The summed E-state index contributed by atoms with van der Waals surface area (Å²) in [6.07, 6.45) is -1.45. The third kappa shape index (κ3) is 6.19. The van der Waals surface area contributed by atoms with Gasteiger partial charge in [0.15, 0.2) is 6.04 Å². The summed E-state index contributed by atoms with van der Waals surface area (Å²) in [6.45, 7) is 10.2. The van der Waals surface area contributed by atoms with Crippen LogP contribution in [0.2, 0.25) is 0 Å². The molecule has 0 aromatic rings. The van der Waals surface area contributed by atoms with E-state index in [1.54, 1.807) is 41.5 Å². The molecule has 2 N–H and O–H groups in total. The van der Waals surface area contributed by atoms with Gasteiger partial charge in [-0.05, 0) is 41.5 Å².